The molecule has 142 valence electrons. The van der Waals surface area contributed by atoms with Gasteiger partial charge in [-0.1, -0.05) is 18.2 Å². The summed E-state index contributed by atoms with van der Waals surface area (Å²) in [7, 11) is -2.36. The molecule has 0 unspecified atom stereocenters. The molecule has 8 heteroatoms. The number of hydrogen-bond acceptors (Lipinski definition) is 4. The molecule has 0 atom stereocenters. The third kappa shape index (κ3) is 3.58. The topological polar surface area (TPSA) is 87.2 Å². The van der Waals surface area contributed by atoms with Crippen LogP contribution in [-0.4, -0.2) is 25.3 Å². The molecule has 0 amide bonds. The Morgan fingerprint density at radius 3 is 2.30 bits per heavy atom. The van der Waals surface area contributed by atoms with Crippen molar-refractivity contribution >= 4 is 10.0 Å². The first-order valence-electron chi connectivity index (χ1n) is 8.30. The molecule has 1 heterocycles. The minimum atomic E-state index is -3.77. The molecule has 2 aromatic carbocycles. The van der Waals surface area contributed by atoms with Gasteiger partial charge in [-0.3, -0.25) is 4.68 Å². The second-order valence-corrected chi connectivity index (χ2v) is 7.60. The number of primary sulfonamides is 1. The van der Waals surface area contributed by atoms with Gasteiger partial charge < -0.3 is 4.74 Å². The van der Waals surface area contributed by atoms with Crippen LogP contribution < -0.4 is 9.88 Å². The van der Waals surface area contributed by atoms with Crippen LogP contribution >= 0.6 is 0 Å². The predicted molar refractivity (Wildman–Crippen MR) is 101 cm³/mol. The summed E-state index contributed by atoms with van der Waals surface area (Å²) >= 11 is 0. The lowest BCUT2D eigenvalue weighted by Gasteiger charge is -2.08. The minimum absolute atomic E-state index is 0.0231. The van der Waals surface area contributed by atoms with Crippen molar-refractivity contribution in [1.82, 2.24) is 9.78 Å². The molecule has 3 rings (SSSR count). The van der Waals surface area contributed by atoms with Crippen LogP contribution in [0.3, 0.4) is 0 Å². The molecule has 6 nitrogen and oxygen atoms in total. The average Bonchev–Trinajstić information content (AvgIpc) is 2.97. The summed E-state index contributed by atoms with van der Waals surface area (Å²) in [5, 5.41) is 9.78. The predicted octanol–water partition coefficient (Wildman–Crippen LogP) is 3.34. The Kier molecular flexibility index (Phi) is 5.03. The number of methoxy groups -OCH3 is 1. The molecular formula is C19H20FN3O3S. The quantitative estimate of drug-likeness (QED) is 0.725. The monoisotopic (exact) mass is 389 g/mol. The third-order valence-corrected chi connectivity index (χ3v) is 5.33. The maximum absolute atomic E-state index is 14.2. The van der Waals surface area contributed by atoms with Crippen LogP contribution in [0.5, 0.6) is 5.75 Å². The Hall–Kier alpha value is -2.71. The highest BCUT2D eigenvalue weighted by Crippen LogP contribution is 2.36. The molecule has 2 N–H and O–H groups in total. The number of aromatic nitrogens is 2. The fourth-order valence-corrected chi connectivity index (χ4v) is 3.54. The summed E-state index contributed by atoms with van der Waals surface area (Å²) < 4.78 is 44.0. The SMILES string of the molecule is CCn1nc(-c2ccc(S(N)(=O)=O)cc2)c(-c2ccc(OC)c(F)c2)c1C. The number of ether oxygens (including phenoxy) is 1. The van der Waals surface area contributed by atoms with Crippen molar-refractivity contribution in [1.29, 1.82) is 0 Å². The summed E-state index contributed by atoms with van der Waals surface area (Å²) in [6, 6.07) is 10.9. The van der Waals surface area contributed by atoms with Gasteiger partial charge in [-0.15, -0.1) is 0 Å². The first-order chi connectivity index (χ1) is 12.8. The van der Waals surface area contributed by atoms with Crippen molar-refractivity contribution in [3.8, 4) is 28.1 Å². The van der Waals surface area contributed by atoms with Crippen LogP contribution in [0.2, 0.25) is 0 Å². The Morgan fingerprint density at radius 1 is 1.15 bits per heavy atom. The third-order valence-electron chi connectivity index (χ3n) is 4.40. The lowest BCUT2D eigenvalue weighted by atomic mass is 9.99. The molecule has 0 aliphatic rings. The highest BCUT2D eigenvalue weighted by atomic mass is 32.2. The van der Waals surface area contributed by atoms with Crippen molar-refractivity contribution in [2.45, 2.75) is 25.3 Å². The van der Waals surface area contributed by atoms with Gasteiger partial charge in [-0.25, -0.2) is 17.9 Å². The average molecular weight is 389 g/mol. The highest BCUT2D eigenvalue weighted by molar-refractivity contribution is 7.89. The van der Waals surface area contributed by atoms with Crippen LogP contribution in [0, 0.1) is 12.7 Å². The van der Waals surface area contributed by atoms with Gasteiger partial charge in [0.05, 0.1) is 12.0 Å². The number of rotatable bonds is 5. The molecule has 0 aliphatic carbocycles. The fourth-order valence-electron chi connectivity index (χ4n) is 3.03. The van der Waals surface area contributed by atoms with Crippen molar-refractivity contribution < 1.29 is 17.5 Å². The van der Waals surface area contributed by atoms with Crippen molar-refractivity contribution in [2.24, 2.45) is 5.14 Å². The normalized spacial score (nSPS) is 11.6. The molecular weight excluding hydrogens is 369 g/mol. The summed E-state index contributed by atoms with van der Waals surface area (Å²) in [4.78, 5) is 0.0231. The number of hydrogen-bond donors (Lipinski definition) is 1. The molecule has 0 saturated heterocycles. The van der Waals surface area contributed by atoms with Gasteiger partial charge in [0.2, 0.25) is 10.0 Å². The van der Waals surface area contributed by atoms with E-state index in [9.17, 15) is 12.8 Å². The summed E-state index contributed by atoms with van der Waals surface area (Å²) in [6.07, 6.45) is 0. The van der Waals surface area contributed by atoms with E-state index in [0.29, 0.717) is 23.4 Å². The molecule has 1 aromatic heterocycles. The highest BCUT2D eigenvalue weighted by Gasteiger charge is 2.19. The first kappa shape index (κ1) is 19.1. The molecule has 0 radical (unpaired) electrons. The summed E-state index contributed by atoms with van der Waals surface area (Å²) in [5.41, 5.74) is 3.68. The van der Waals surface area contributed by atoms with Crippen LogP contribution in [-0.2, 0) is 16.6 Å². The van der Waals surface area contributed by atoms with Crippen molar-refractivity contribution in [2.75, 3.05) is 7.11 Å². The van der Waals surface area contributed by atoms with E-state index in [1.54, 1.807) is 24.3 Å². The Morgan fingerprint density at radius 2 is 1.78 bits per heavy atom. The van der Waals surface area contributed by atoms with Crippen molar-refractivity contribution in [3.05, 3.63) is 54.0 Å². The smallest absolute Gasteiger partial charge is 0.238 e. The first-order valence-corrected chi connectivity index (χ1v) is 9.85. The van der Waals surface area contributed by atoms with E-state index >= 15 is 0 Å². The van der Waals surface area contributed by atoms with Crippen LogP contribution in [0.25, 0.3) is 22.4 Å². The number of aryl methyl sites for hydroxylation is 1. The van der Waals surface area contributed by atoms with E-state index in [1.807, 2.05) is 18.5 Å². The van der Waals surface area contributed by atoms with E-state index < -0.39 is 15.8 Å². The van der Waals surface area contributed by atoms with Gasteiger partial charge in [-0.05, 0) is 43.7 Å². The molecule has 0 saturated carbocycles. The number of nitrogens with zero attached hydrogens (tertiary/aromatic N) is 2. The molecule has 27 heavy (non-hydrogen) atoms. The van der Waals surface area contributed by atoms with Crippen molar-refractivity contribution in [3.63, 3.8) is 0 Å². The molecule has 3 aromatic rings. The number of sulfonamides is 1. The van der Waals surface area contributed by atoms with Crippen LogP contribution in [0.4, 0.5) is 4.39 Å². The second kappa shape index (κ2) is 7.13. The number of nitrogens with two attached hydrogens (primary N) is 1. The Bertz CT molecular complexity index is 1090. The summed E-state index contributed by atoms with van der Waals surface area (Å²) in [5.74, 6) is -0.299. The lowest BCUT2D eigenvalue weighted by molar-refractivity contribution is 0.386. The van der Waals surface area contributed by atoms with E-state index in [0.717, 1.165) is 11.3 Å². The maximum Gasteiger partial charge on any atom is 0.238 e. The van der Waals surface area contributed by atoms with E-state index in [1.165, 1.54) is 25.3 Å². The zero-order valence-electron chi connectivity index (χ0n) is 15.2. The number of halogens is 1. The van der Waals surface area contributed by atoms with E-state index in [4.69, 9.17) is 9.88 Å². The standard InChI is InChI=1S/C19H20FN3O3S/c1-4-23-12(2)18(14-7-10-17(26-3)16(20)11-14)19(22-23)13-5-8-15(9-6-13)27(21,24)25/h5-11H,4H2,1-3H3,(H2,21,24,25). The minimum Gasteiger partial charge on any atom is -0.494 e. The maximum atomic E-state index is 14.2. The zero-order valence-corrected chi connectivity index (χ0v) is 16.0. The van der Waals surface area contributed by atoms with E-state index in [2.05, 4.69) is 5.10 Å². The van der Waals surface area contributed by atoms with E-state index in [-0.39, 0.29) is 10.6 Å². The molecule has 0 bridgehead atoms. The molecule has 0 aliphatic heterocycles. The second-order valence-electron chi connectivity index (χ2n) is 6.04. The van der Waals surface area contributed by atoms with Gasteiger partial charge in [-0.2, -0.15) is 5.10 Å². The van der Waals surface area contributed by atoms with Gasteiger partial charge >= 0.3 is 0 Å². The van der Waals surface area contributed by atoms with Crippen LogP contribution in [0.1, 0.15) is 12.6 Å². The van der Waals surface area contributed by atoms with Gasteiger partial charge in [0, 0.05) is 23.4 Å². The van der Waals surface area contributed by atoms with Gasteiger partial charge in [0.1, 0.15) is 5.69 Å². The Labute approximate surface area is 157 Å². The molecule has 0 spiro atoms. The fraction of sp³-hybridized carbons (Fsp3) is 0.211. The summed E-state index contributed by atoms with van der Waals surface area (Å²) in [6.45, 7) is 4.52. The largest absolute Gasteiger partial charge is 0.494 e. The molecule has 0 fully saturated rings. The van der Waals surface area contributed by atoms with Gasteiger partial charge in [0.15, 0.2) is 11.6 Å². The number of benzene rings is 2. The lowest BCUT2D eigenvalue weighted by Crippen LogP contribution is -2.11. The Balaban J connectivity index is 2.18. The zero-order chi connectivity index (χ0) is 19.8. The van der Waals surface area contributed by atoms with Crippen LogP contribution in [0.15, 0.2) is 47.4 Å². The van der Waals surface area contributed by atoms with Gasteiger partial charge in [0.25, 0.3) is 0 Å².